The van der Waals surface area contributed by atoms with Gasteiger partial charge in [0.15, 0.2) is 6.61 Å². The molecule has 0 spiro atoms. The van der Waals surface area contributed by atoms with E-state index in [1.165, 1.54) is 10.9 Å². The highest BCUT2D eigenvalue weighted by molar-refractivity contribution is 5.82. The molecule has 25 heavy (non-hydrogen) atoms. The van der Waals surface area contributed by atoms with Crippen LogP contribution in [-0.2, 0) is 18.3 Å². The number of fused-ring (bicyclic) bond motifs is 1. The summed E-state index contributed by atoms with van der Waals surface area (Å²) in [5.74, 6) is 1.24. The second-order valence-corrected chi connectivity index (χ2v) is 6.59. The number of aryl methyl sites for hydroxylation is 1. The highest BCUT2D eigenvalue weighted by atomic mass is 16.5. The van der Waals surface area contributed by atoms with Gasteiger partial charge in [0.25, 0.3) is 5.91 Å². The maximum absolute atomic E-state index is 12.2. The minimum atomic E-state index is 0.0464. The molecule has 1 saturated heterocycles. The van der Waals surface area contributed by atoms with Crippen molar-refractivity contribution in [1.82, 2.24) is 14.5 Å². The zero-order valence-electron chi connectivity index (χ0n) is 14.3. The van der Waals surface area contributed by atoms with Crippen molar-refractivity contribution in [3.8, 4) is 5.75 Å². The number of aromatic nitrogens is 2. The van der Waals surface area contributed by atoms with Crippen LogP contribution in [0.15, 0.2) is 54.9 Å². The molecule has 4 rings (SSSR count). The van der Waals surface area contributed by atoms with Crippen LogP contribution in [0, 0.1) is 5.92 Å². The normalized spacial score (nSPS) is 14.5. The van der Waals surface area contributed by atoms with Crippen molar-refractivity contribution in [2.45, 2.75) is 6.42 Å². The molecule has 1 aromatic carbocycles. The van der Waals surface area contributed by atoms with E-state index < -0.39 is 0 Å². The van der Waals surface area contributed by atoms with Crippen molar-refractivity contribution >= 4 is 16.8 Å². The summed E-state index contributed by atoms with van der Waals surface area (Å²) < 4.78 is 7.65. The Morgan fingerprint density at radius 1 is 1.20 bits per heavy atom. The maximum Gasteiger partial charge on any atom is 0.260 e. The van der Waals surface area contributed by atoms with Gasteiger partial charge in [0.2, 0.25) is 0 Å². The van der Waals surface area contributed by atoms with Crippen LogP contribution in [0.4, 0.5) is 0 Å². The molecule has 1 aliphatic heterocycles. The maximum atomic E-state index is 12.2. The number of amides is 1. The second-order valence-electron chi connectivity index (χ2n) is 6.59. The molecule has 0 bridgehead atoms. The van der Waals surface area contributed by atoms with Gasteiger partial charge < -0.3 is 14.2 Å². The summed E-state index contributed by atoms with van der Waals surface area (Å²) in [7, 11) is 2.05. The molecule has 0 unspecified atom stereocenters. The Morgan fingerprint density at radius 2 is 2.00 bits per heavy atom. The molecule has 1 aliphatic rings. The predicted octanol–water partition coefficient (Wildman–Crippen LogP) is 2.65. The fourth-order valence-corrected chi connectivity index (χ4v) is 3.40. The number of rotatable bonds is 5. The fourth-order valence-electron chi connectivity index (χ4n) is 3.40. The van der Waals surface area contributed by atoms with Gasteiger partial charge in [-0.25, -0.2) is 0 Å². The van der Waals surface area contributed by atoms with E-state index in [9.17, 15) is 4.79 Å². The highest BCUT2D eigenvalue weighted by Crippen LogP contribution is 2.24. The quantitative estimate of drug-likeness (QED) is 0.720. The van der Waals surface area contributed by atoms with Gasteiger partial charge in [-0.15, -0.1) is 0 Å². The van der Waals surface area contributed by atoms with Gasteiger partial charge in [0.1, 0.15) is 5.75 Å². The molecular weight excluding hydrogens is 314 g/mol. The molecule has 0 saturated carbocycles. The number of benzene rings is 1. The summed E-state index contributed by atoms with van der Waals surface area (Å²) in [5.41, 5.74) is 2.31. The summed E-state index contributed by atoms with van der Waals surface area (Å²) in [6, 6.07) is 13.6. The average molecular weight is 335 g/mol. The number of hydrogen-bond donors (Lipinski definition) is 0. The minimum absolute atomic E-state index is 0.0464. The lowest BCUT2D eigenvalue weighted by atomic mass is 9.93. The number of pyridine rings is 1. The number of carbonyl (C=O) groups excluding carboxylic acids is 1. The van der Waals surface area contributed by atoms with E-state index in [0.29, 0.717) is 5.92 Å². The number of ether oxygens (including phenoxy) is 1. The number of nitrogens with zero attached hydrogens (tertiary/aromatic N) is 3. The van der Waals surface area contributed by atoms with E-state index in [-0.39, 0.29) is 12.5 Å². The first-order valence-corrected chi connectivity index (χ1v) is 8.55. The monoisotopic (exact) mass is 335 g/mol. The molecule has 0 radical (unpaired) electrons. The fraction of sp³-hybridized carbons (Fsp3) is 0.300. The van der Waals surface area contributed by atoms with Gasteiger partial charge in [-0.1, -0.05) is 18.2 Å². The number of carbonyl (C=O) groups is 1. The average Bonchev–Trinajstić information content (AvgIpc) is 2.98. The van der Waals surface area contributed by atoms with E-state index in [2.05, 4.69) is 21.8 Å². The van der Waals surface area contributed by atoms with Crippen molar-refractivity contribution in [2.24, 2.45) is 13.0 Å². The lowest BCUT2D eigenvalue weighted by Gasteiger charge is -2.39. The van der Waals surface area contributed by atoms with E-state index >= 15 is 0 Å². The Labute approximate surface area is 146 Å². The first-order valence-electron chi connectivity index (χ1n) is 8.55. The number of para-hydroxylation sites is 1. The summed E-state index contributed by atoms with van der Waals surface area (Å²) in [6.45, 7) is 1.65. The van der Waals surface area contributed by atoms with Gasteiger partial charge in [0, 0.05) is 37.9 Å². The van der Waals surface area contributed by atoms with Gasteiger partial charge in [0.05, 0.1) is 11.2 Å². The molecule has 1 fully saturated rings. The van der Waals surface area contributed by atoms with E-state index in [1.54, 1.807) is 0 Å². The predicted molar refractivity (Wildman–Crippen MR) is 96.4 cm³/mol. The standard InChI is InChI=1S/C20H21N3O2/c1-22-10-8-16-7-9-21-18(20(16)22)11-15-12-23(13-15)19(24)14-25-17-5-3-2-4-6-17/h2-10,15H,11-14H2,1H3. The molecule has 128 valence electrons. The first-order chi connectivity index (χ1) is 12.2. The summed E-state index contributed by atoms with van der Waals surface area (Å²) in [4.78, 5) is 18.6. The van der Waals surface area contributed by atoms with Crippen LogP contribution in [0.1, 0.15) is 5.69 Å². The Balaban J connectivity index is 1.31. The van der Waals surface area contributed by atoms with E-state index in [1.807, 2.05) is 54.5 Å². The van der Waals surface area contributed by atoms with Crippen LogP contribution >= 0.6 is 0 Å². The number of hydrogen-bond acceptors (Lipinski definition) is 3. The molecule has 2 aromatic heterocycles. The molecule has 0 atom stereocenters. The van der Waals surface area contributed by atoms with E-state index in [0.717, 1.165) is 31.0 Å². The molecule has 1 amide bonds. The van der Waals surface area contributed by atoms with Crippen molar-refractivity contribution in [3.63, 3.8) is 0 Å². The van der Waals surface area contributed by atoms with Crippen molar-refractivity contribution in [3.05, 3.63) is 60.6 Å². The van der Waals surface area contributed by atoms with Crippen molar-refractivity contribution in [2.75, 3.05) is 19.7 Å². The Kier molecular flexibility index (Phi) is 4.14. The van der Waals surface area contributed by atoms with Gasteiger partial charge in [-0.3, -0.25) is 9.78 Å². The summed E-state index contributed by atoms with van der Waals surface area (Å²) in [6.07, 6.45) is 4.83. The van der Waals surface area contributed by atoms with Crippen LogP contribution in [-0.4, -0.2) is 40.1 Å². The Hall–Kier alpha value is -2.82. The lowest BCUT2D eigenvalue weighted by molar-refractivity contribution is -0.139. The van der Waals surface area contributed by atoms with Crippen molar-refractivity contribution in [1.29, 1.82) is 0 Å². The molecule has 5 nitrogen and oxygen atoms in total. The molecule has 5 heteroatoms. The molecule has 0 N–H and O–H groups in total. The Morgan fingerprint density at radius 3 is 2.80 bits per heavy atom. The minimum Gasteiger partial charge on any atom is -0.484 e. The lowest BCUT2D eigenvalue weighted by Crippen LogP contribution is -2.52. The largest absolute Gasteiger partial charge is 0.484 e. The zero-order valence-corrected chi connectivity index (χ0v) is 14.3. The SMILES string of the molecule is Cn1ccc2ccnc(CC3CN(C(=O)COc4ccccc4)C3)c21. The molecule has 3 aromatic rings. The van der Waals surface area contributed by atoms with Crippen LogP contribution in [0.2, 0.25) is 0 Å². The van der Waals surface area contributed by atoms with Crippen molar-refractivity contribution < 1.29 is 9.53 Å². The van der Waals surface area contributed by atoms with Gasteiger partial charge in [-0.05, 0) is 36.6 Å². The first kappa shape index (κ1) is 15.7. The van der Waals surface area contributed by atoms with Crippen LogP contribution in [0.25, 0.3) is 10.9 Å². The molecule has 3 heterocycles. The number of likely N-dealkylation sites (tertiary alicyclic amines) is 1. The smallest absolute Gasteiger partial charge is 0.260 e. The second kappa shape index (κ2) is 6.59. The topological polar surface area (TPSA) is 47.4 Å². The van der Waals surface area contributed by atoms with Crippen LogP contribution in [0.3, 0.4) is 0 Å². The van der Waals surface area contributed by atoms with Crippen LogP contribution < -0.4 is 4.74 Å². The van der Waals surface area contributed by atoms with Gasteiger partial charge >= 0.3 is 0 Å². The Bertz CT molecular complexity index is 882. The highest BCUT2D eigenvalue weighted by Gasteiger charge is 2.31. The van der Waals surface area contributed by atoms with Gasteiger partial charge in [-0.2, -0.15) is 0 Å². The van der Waals surface area contributed by atoms with Crippen LogP contribution in [0.5, 0.6) is 5.75 Å². The third-order valence-corrected chi connectivity index (χ3v) is 4.76. The summed E-state index contributed by atoms with van der Waals surface area (Å²) >= 11 is 0. The van der Waals surface area contributed by atoms with E-state index in [4.69, 9.17) is 4.74 Å². The third-order valence-electron chi connectivity index (χ3n) is 4.76. The molecule has 0 aliphatic carbocycles. The zero-order chi connectivity index (χ0) is 17.2. The summed E-state index contributed by atoms with van der Waals surface area (Å²) in [5, 5.41) is 1.22. The molecular formula is C20H21N3O2. The third kappa shape index (κ3) is 3.22.